The van der Waals surface area contributed by atoms with Crippen molar-refractivity contribution >= 4 is 77.8 Å². The summed E-state index contributed by atoms with van der Waals surface area (Å²) in [7, 11) is 0. The van der Waals surface area contributed by atoms with Crippen LogP contribution in [0.25, 0.3) is 0 Å². The minimum Gasteiger partial charge on any atom is -0.481 e. The van der Waals surface area contributed by atoms with Gasteiger partial charge in [-0.05, 0) is 43.9 Å². The number of aliphatic carboxylic acids is 3. The van der Waals surface area contributed by atoms with Gasteiger partial charge >= 0.3 is 17.9 Å². The van der Waals surface area contributed by atoms with Crippen LogP contribution in [-0.2, 0) is 47.9 Å². The van der Waals surface area contributed by atoms with Gasteiger partial charge in [0, 0.05) is 25.1 Å². The van der Waals surface area contributed by atoms with Crippen LogP contribution in [0, 0.1) is 11.8 Å². The standard InChI is InChI=1S/C34H59N11O13S/c1-15(2)12-20(30(54)43-21(33(57)58)13-23(36)46)42-28(52)18(7-9-24(47)48)41-31(55)22(14-59)44-32(56)26(16(3)4)45-29(53)19(8-10-25(49)50)40-27(51)17(35)6-5-11-39-34(37)38/h15-22,26,59H,5-14,35H2,1-4H3,(H2,36,46)(H,40,51)(H,41,55)(H,42,52)(H,43,54)(H,44,56)(H,45,53)(H,47,48)(H,49,50)(H,57,58)(H4,37,38,39)/t17-,18-,19-,20-,21-,22-,26-/m0/s1. The van der Waals surface area contributed by atoms with Crippen molar-refractivity contribution in [1.82, 2.24) is 31.9 Å². The van der Waals surface area contributed by atoms with Gasteiger partial charge in [-0.25, -0.2) is 4.79 Å². The predicted molar refractivity (Wildman–Crippen MR) is 213 cm³/mol. The molecule has 0 aliphatic carbocycles. The molecular weight excluding hydrogens is 803 g/mol. The average Bonchev–Trinajstić information content (AvgIpc) is 3.12. The summed E-state index contributed by atoms with van der Waals surface area (Å²) >= 11 is 4.12. The first-order valence-electron chi connectivity index (χ1n) is 18.6. The van der Waals surface area contributed by atoms with Crippen LogP contribution in [0.5, 0.6) is 0 Å². The van der Waals surface area contributed by atoms with E-state index in [1.807, 2.05) is 0 Å². The normalized spacial score (nSPS) is 14.5. The minimum atomic E-state index is -1.72. The van der Waals surface area contributed by atoms with Gasteiger partial charge in [0.05, 0.1) is 12.5 Å². The lowest BCUT2D eigenvalue weighted by Gasteiger charge is -2.28. The van der Waals surface area contributed by atoms with Gasteiger partial charge in [-0.15, -0.1) is 0 Å². The fourth-order valence-corrected chi connectivity index (χ4v) is 5.43. The largest absolute Gasteiger partial charge is 0.481 e. The fourth-order valence-electron chi connectivity index (χ4n) is 5.17. The lowest BCUT2D eigenvalue weighted by atomic mass is 10.0. The molecule has 0 aromatic heterocycles. The third-order valence-corrected chi connectivity index (χ3v) is 8.65. The van der Waals surface area contributed by atoms with E-state index >= 15 is 0 Å². The monoisotopic (exact) mass is 861 g/mol. The summed E-state index contributed by atoms with van der Waals surface area (Å²) in [5, 5.41) is 42.1. The molecule has 0 saturated heterocycles. The van der Waals surface area contributed by atoms with Crippen LogP contribution in [0.3, 0.4) is 0 Å². The molecule has 0 aromatic carbocycles. The lowest BCUT2D eigenvalue weighted by molar-refractivity contribution is -0.144. The van der Waals surface area contributed by atoms with E-state index in [9.17, 15) is 63.3 Å². The van der Waals surface area contributed by atoms with E-state index in [2.05, 4.69) is 49.5 Å². The van der Waals surface area contributed by atoms with Gasteiger partial charge in [0.15, 0.2) is 5.96 Å². The zero-order valence-corrected chi connectivity index (χ0v) is 34.3. The number of thiol groups is 1. The SMILES string of the molecule is CC(C)C[C@H](NC(=O)[C@H](CCC(=O)O)NC(=O)[C@H](CS)NC(=O)[C@@H](NC(=O)[C@H](CCC(=O)O)NC(=O)[C@@H](N)CCCN=C(N)N)C(C)C)C(=O)N[C@@H](CC(N)=O)C(=O)O. The van der Waals surface area contributed by atoms with Crippen LogP contribution in [0.2, 0.25) is 0 Å². The molecule has 0 aliphatic heterocycles. The molecule has 17 N–H and O–H groups in total. The van der Waals surface area contributed by atoms with E-state index < -0.39 is 133 Å². The topological polar surface area (TPSA) is 420 Å². The number of carbonyl (C=O) groups is 10. The summed E-state index contributed by atoms with van der Waals surface area (Å²) in [5.41, 5.74) is 21.6. The van der Waals surface area contributed by atoms with E-state index in [4.69, 9.17) is 22.9 Å². The van der Waals surface area contributed by atoms with Crippen LogP contribution >= 0.6 is 12.6 Å². The molecule has 25 heteroatoms. The number of rotatable bonds is 29. The van der Waals surface area contributed by atoms with Crippen molar-refractivity contribution in [3.63, 3.8) is 0 Å². The van der Waals surface area contributed by atoms with Crippen molar-refractivity contribution < 1.29 is 63.3 Å². The van der Waals surface area contributed by atoms with Crippen LogP contribution < -0.4 is 54.8 Å². The van der Waals surface area contributed by atoms with Crippen LogP contribution in [0.1, 0.15) is 79.1 Å². The highest BCUT2D eigenvalue weighted by Gasteiger charge is 2.35. The van der Waals surface area contributed by atoms with Gasteiger partial charge in [-0.1, -0.05) is 27.7 Å². The molecule has 24 nitrogen and oxygen atoms in total. The number of nitrogens with two attached hydrogens (primary N) is 4. The molecule has 0 saturated carbocycles. The Labute approximate surface area is 345 Å². The fraction of sp³-hybridized carbons (Fsp3) is 0.676. The Hall–Kier alpha value is -5.72. The second-order valence-electron chi connectivity index (χ2n) is 14.3. The smallest absolute Gasteiger partial charge is 0.326 e. The molecule has 0 radical (unpaired) electrons. The number of carboxylic acid groups (broad SMARTS) is 3. The van der Waals surface area contributed by atoms with E-state index in [1.165, 1.54) is 0 Å². The first kappa shape index (κ1) is 53.3. The van der Waals surface area contributed by atoms with E-state index in [1.54, 1.807) is 27.7 Å². The zero-order chi connectivity index (χ0) is 45.6. The van der Waals surface area contributed by atoms with Crippen molar-refractivity contribution in [3.8, 4) is 0 Å². The van der Waals surface area contributed by atoms with Crippen molar-refractivity contribution in [2.75, 3.05) is 12.3 Å². The molecule has 0 aliphatic rings. The van der Waals surface area contributed by atoms with Gasteiger partial charge < -0.3 is 70.2 Å². The molecule has 0 spiro atoms. The molecule has 0 bridgehead atoms. The highest BCUT2D eigenvalue weighted by Crippen LogP contribution is 2.10. The quantitative estimate of drug-likeness (QED) is 0.0146. The summed E-state index contributed by atoms with van der Waals surface area (Å²) in [6, 6.07) is -10.2. The van der Waals surface area contributed by atoms with Crippen LogP contribution in [0.15, 0.2) is 4.99 Å². The van der Waals surface area contributed by atoms with Gasteiger partial charge in [-0.3, -0.25) is 48.1 Å². The average molecular weight is 862 g/mol. The van der Waals surface area contributed by atoms with Crippen LogP contribution in [-0.4, -0.2) is 135 Å². The lowest BCUT2D eigenvalue weighted by Crippen LogP contribution is -2.61. The number of amides is 7. The molecule has 334 valence electrons. The molecule has 0 aromatic rings. The molecular formula is C34H59N11O13S. The number of carbonyl (C=O) groups excluding carboxylic acids is 7. The maximum absolute atomic E-state index is 13.5. The number of nitrogens with zero attached hydrogens (tertiary/aromatic N) is 1. The number of carboxylic acids is 3. The van der Waals surface area contributed by atoms with E-state index in [0.717, 1.165) is 0 Å². The Morgan fingerprint density at radius 3 is 1.47 bits per heavy atom. The second kappa shape index (κ2) is 27.1. The van der Waals surface area contributed by atoms with Gasteiger partial charge in [0.25, 0.3) is 0 Å². The van der Waals surface area contributed by atoms with E-state index in [0.29, 0.717) is 6.42 Å². The number of aliphatic imine (C=N–C) groups is 1. The Bertz CT molecular complexity index is 1540. The highest BCUT2D eigenvalue weighted by molar-refractivity contribution is 7.80. The number of hydrogen-bond acceptors (Lipinski definition) is 13. The summed E-state index contributed by atoms with van der Waals surface area (Å²) in [6.45, 7) is 6.63. The highest BCUT2D eigenvalue weighted by atomic mass is 32.1. The third-order valence-electron chi connectivity index (χ3n) is 8.29. The summed E-state index contributed by atoms with van der Waals surface area (Å²) in [5.74, 6) is -12.4. The molecule has 0 fully saturated rings. The van der Waals surface area contributed by atoms with Crippen molar-refractivity contribution in [2.45, 2.75) is 121 Å². The van der Waals surface area contributed by atoms with Crippen molar-refractivity contribution in [3.05, 3.63) is 0 Å². The molecule has 7 atom stereocenters. The van der Waals surface area contributed by atoms with Gasteiger partial charge in [-0.2, -0.15) is 12.6 Å². The first-order valence-corrected chi connectivity index (χ1v) is 19.2. The zero-order valence-electron chi connectivity index (χ0n) is 33.4. The van der Waals surface area contributed by atoms with Gasteiger partial charge in [0.1, 0.15) is 36.3 Å². The number of primary amides is 1. The number of guanidine groups is 1. The summed E-state index contributed by atoms with van der Waals surface area (Å²) < 4.78 is 0. The Morgan fingerprint density at radius 1 is 0.593 bits per heavy atom. The summed E-state index contributed by atoms with van der Waals surface area (Å²) in [4.78, 5) is 129. The Balaban J connectivity index is 6.13. The molecule has 0 rings (SSSR count). The minimum absolute atomic E-state index is 0.0495. The number of nitrogens with one attached hydrogen (secondary N) is 6. The Kier molecular flexibility index (Phi) is 24.4. The molecule has 7 amide bonds. The predicted octanol–water partition coefficient (Wildman–Crippen LogP) is -4.40. The van der Waals surface area contributed by atoms with Gasteiger partial charge in [0.2, 0.25) is 41.4 Å². The maximum Gasteiger partial charge on any atom is 0.326 e. The third kappa shape index (κ3) is 22.1. The first-order chi connectivity index (χ1) is 27.4. The molecule has 59 heavy (non-hydrogen) atoms. The van der Waals surface area contributed by atoms with Crippen LogP contribution in [0.4, 0.5) is 0 Å². The summed E-state index contributed by atoms with van der Waals surface area (Å²) in [6.07, 6.45) is -2.44. The van der Waals surface area contributed by atoms with Crippen molar-refractivity contribution in [2.24, 2.45) is 39.8 Å². The maximum atomic E-state index is 13.5. The van der Waals surface area contributed by atoms with Crippen molar-refractivity contribution in [1.29, 1.82) is 0 Å². The molecule has 0 unspecified atom stereocenters. The second-order valence-corrected chi connectivity index (χ2v) is 14.6. The molecule has 0 heterocycles. The number of hydrogen-bond donors (Lipinski definition) is 14. The Morgan fingerprint density at radius 2 is 1.03 bits per heavy atom. The van der Waals surface area contributed by atoms with E-state index in [-0.39, 0.29) is 43.4 Å².